The fraction of sp³-hybridized carbons (Fsp3) is 0.636. The van der Waals surface area contributed by atoms with E-state index >= 15 is 0 Å². The summed E-state index contributed by atoms with van der Waals surface area (Å²) in [4.78, 5) is 22.0. The minimum Gasteiger partial charge on any atom is -0.478 e. The van der Waals surface area contributed by atoms with E-state index in [1.165, 1.54) is 6.92 Å². The summed E-state index contributed by atoms with van der Waals surface area (Å²) in [6.07, 6.45) is -3.38. The Labute approximate surface area is 131 Å². The van der Waals surface area contributed by atoms with Gasteiger partial charge in [0.25, 0.3) is 0 Å². The van der Waals surface area contributed by atoms with Crippen LogP contribution >= 0.6 is 0 Å². The second kappa shape index (κ2) is 10.8. The van der Waals surface area contributed by atoms with E-state index in [1.807, 2.05) is 0 Å². The number of nitrogens with one attached hydrogen (secondary N) is 1. The highest BCUT2D eigenvalue weighted by molar-refractivity contribution is 5.84. The highest BCUT2D eigenvalue weighted by Crippen LogP contribution is 2.21. The Morgan fingerprint density at radius 2 is 1.87 bits per heavy atom. The summed E-state index contributed by atoms with van der Waals surface area (Å²) in [7, 11) is 0. The van der Waals surface area contributed by atoms with Crippen LogP contribution in [0.15, 0.2) is 11.8 Å². The highest BCUT2D eigenvalue weighted by Gasteiger charge is 2.42. The highest BCUT2D eigenvalue weighted by atomic mass is 16.5. The first-order valence-electron chi connectivity index (χ1n) is 5.89. The van der Waals surface area contributed by atoms with Gasteiger partial charge in [-0.15, -0.1) is 0 Å². The maximum absolute atomic E-state index is 11.1. The molecule has 0 aliphatic carbocycles. The number of carboxylic acid groups (broad SMARTS) is 1. The number of rotatable bonds is 5. The van der Waals surface area contributed by atoms with Crippen molar-refractivity contribution < 1.29 is 51.2 Å². The Morgan fingerprint density at radius 3 is 2.26 bits per heavy atom. The predicted molar refractivity (Wildman–Crippen MR) is 76.1 cm³/mol. The van der Waals surface area contributed by atoms with Crippen LogP contribution in [0.4, 0.5) is 0 Å². The number of amides is 1. The Bertz CT molecular complexity index is 416. The van der Waals surface area contributed by atoms with E-state index in [1.54, 1.807) is 0 Å². The fourth-order valence-corrected chi connectivity index (χ4v) is 1.90. The minimum absolute atomic E-state index is 0. The average molecular weight is 344 g/mol. The standard InChI is InChI=1S/C11H18N2O7.3H2O/c1-4(15)13-8-5(12)2-7(11(18)19)20-10(8)9(17)6(16)3-14;;;/h2,5-6,8-10,14,16-17H,3,12H2,1H3,(H,13,15)(H,18,19);3*1H2/t5-,6?,8+,9?,10+;;;/m0.../s1. The van der Waals surface area contributed by atoms with Crippen molar-refractivity contribution in [1.82, 2.24) is 5.32 Å². The lowest BCUT2D eigenvalue weighted by Gasteiger charge is -2.38. The Morgan fingerprint density at radius 1 is 1.35 bits per heavy atom. The molecule has 138 valence electrons. The summed E-state index contributed by atoms with van der Waals surface area (Å²) >= 11 is 0. The summed E-state index contributed by atoms with van der Waals surface area (Å²) in [6, 6.07) is -1.86. The summed E-state index contributed by atoms with van der Waals surface area (Å²) in [5.41, 5.74) is 5.74. The van der Waals surface area contributed by atoms with Gasteiger partial charge in [0.15, 0.2) is 0 Å². The molecule has 0 saturated heterocycles. The number of aliphatic hydroxyl groups is 3. The van der Waals surface area contributed by atoms with Crippen LogP contribution in [-0.4, -0.2) is 85.7 Å². The molecule has 5 atom stereocenters. The third kappa shape index (κ3) is 6.45. The zero-order chi connectivity index (χ0) is 15.4. The van der Waals surface area contributed by atoms with Crippen LogP contribution in [0, 0.1) is 0 Å². The third-order valence-corrected chi connectivity index (χ3v) is 2.87. The van der Waals surface area contributed by atoms with Gasteiger partial charge in [-0.3, -0.25) is 4.79 Å². The molecule has 23 heavy (non-hydrogen) atoms. The molecule has 1 aliphatic rings. The molecular weight excluding hydrogens is 320 g/mol. The smallest absolute Gasteiger partial charge is 0.370 e. The van der Waals surface area contributed by atoms with E-state index in [9.17, 15) is 19.8 Å². The fourth-order valence-electron chi connectivity index (χ4n) is 1.90. The summed E-state index contributed by atoms with van der Waals surface area (Å²) in [5, 5.41) is 39.5. The molecule has 0 aromatic rings. The largest absolute Gasteiger partial charge is 0.478 e. The molecule has 0 fully saturated rings. The number of ether oxygens (including phenoxy) is 1. The van der Waals surface area contributed by atoms with Crippen molar-refractivity contribution in [3.63, 3.8) is 0 Å². The topological polar surface area (TPSA) is 257 Å². The van der Waals surface area contributed by atoms with Gasteiger partial charge in [-0.25, -0.2) is 4.79 Å². The van der Waals surface area contributed by atoms with Gasteiger partial charge in [0.1, 0.15) is 18.3 Å². The monoisotopic (exact) mass is 344 g/mol. The molecule has 0 spiro atoms. The molecule has 0 radical (unpaired) electrons. The molecule has 12 nitrogen and oxygen atoms in total. The Hall–Kier alpha value is -1.80. The number of carbonyl (C=O) groups excluding carboxylic acids is 1. The van der Waals surface area contributed by atoms with Crippen LogP contribution in [0.5, 0.6) is 0 Å². The van der Waals surface area contributed by atoms with Gasteiger partial charge in [0, 0.05) is 6.92 Å². The molecule has 12 heteroatoms. The van der Waals surface area contributed by atoms with E-state index in [0.717, 1.165) is 6.08 Å². The first-order chi connectivity index (χ1) is 9.27. The van der Waals surface area contributed by atoms with Crippen LogP contribution in [-0.2, 0) is 14.3 Å². The third-order valence-electron chi connectivity index (χ3n) is 2.87. The van der Waals surface area contributed by atoms with Crippen molar-refractivity contribution >= 4 is 11.9 Å². The lowest BCUT2D eigenvalue weighted by Crippen LogP contribution is -2.62. The van der Waals surface area contributed by atoms with Gasteiger partial charge < -0.3 is 52.6 Å². The molecule has 1 amide bonds. The van der Waals surface area contributed by atoms with E-state index in [0.29, 0.717) is 0 Å². The van der Waals surface area contributed by atoms with Gasteiger partial charge in [0.05, 0.1) is 18.7 Å². The minimum atomic E-state index is -1.62. The van der Waals surface area contributed by atoms with Crippen molar-refractivity contribution in [1.29, 1.82) is 0 Å². The zero-order valence-electron chi connectivity index (χ0n) is 12.3. The van der Waals surface area contributed by atoms with Gasteiger partial charge >= 0.3 is 5.97 Å². The first-order valence-corrected chi connectivity index (χ1v) is 5.89. The van der Waals surface area contributed by atoms with Crippen LogP contribution in [0.25, 0.3) is 0 Å². The molecule has 0 saturated carbocycles. The second-order valence-electron chi connectivity index (χ2n) is 4.46. The molecule has 0 aromatic carbocycles. The van der Waals surface area contributed by atoms with E-state index in [-0.39, 0.29) is 16.4 Å². The van der Waals surface area contributed by atoms with Gasteiger partial charge in [-0.05, 0) is 6.08 Å². The predicted octanol–water partition coefficient (Wildman–Crippen LogP) is -5.57. The number of nitrogens with two attached hydrogens (primary N) is 1. The number of carboxylic acids is 1. The number of hydrogen-bond donors (Lipinski definition) is 6. The molecule has 1 rings (SSSR count). The SMILES string of the molecule is CC(=O)N[C@@H]1[C@@H](N)C=C(C(=O)O)O[C@H]1C(O)C(O)CO.O.O.O. The van der Waals surface area contributed by atoms with Crippen LogP contribution in [0.1, 0.15) is 6.92 Å². The normalized spacial score (nSPS) is 25.1. The average Bonchev–Trinajstić information content (AvgIpc) is 2.38. The molecule has 13 N–H and O–H groups in total. The molecule has 1 aliphatic heterocycles. The van der Waals surface area contributed by atoms with Gasteiger partial charge in [-0.2, -0.15) is 0 Å². The van der Waals surface area contributed by atoms with Crippen molar-refractivity contribution in [2.75, 3.05) is 6.61 Å². The second-order valence-corrected chi connectivity index (χ2v) is 4.46. The van der Waals surface area contributed by atoms with E-state index < -0.39 is 54.6 Å². The van der Waals surface area contributed by atoms with Crippen LogP contribution < -0.4 is 11.1 Å². The van der Waals surface area contributed by atoms with Gasteiger partial charge in [0.2, 0.25) is 11.7 Å². The van der Waals surface area contributed by atoms with E-state index in [4.69, 9.17) is 20.7 Å². The zero-order valence-corrected chi connectivity index (χ0v) is 12.3. The van der Waals surface area contributed by atoms with Crippen molar-refractivity contribution in [2.24, 2.45) is 5.73 Å². The lowest BCUT2D eigenvalue weighted by molar-refractivity contribution is -0.145. The maximum atomic E-state index is 11.1. The van der Waals surface area contributed by atoms with Crippen LogP contribution in [0.3, 0.4) is 0 Å². The summed E-state index contributed by atoms with van der Waals surface area (Å²) < 4.78 is 5.06. The maximum Gasteiger partial charge on any atom is 0.370 e. The summed E-state index contributed by atoms with van der Waals surface area (Å²) in [6.45, 7) is 0.463. The van der Waals surface area contributed by atoms with Gasteiger partial charge in [-0.1, -0.05) is 0 Å². The van der Waals surface area contributed by atoms with Crippen molar-refractivity contribution in [3.05, 3.63) is 11.8 Å². The molecular formula is C11H24N2O10. The Balaban J connectivity index is -0.00000133. The number of carbonyl (C=O) groups is 2. The van der Waals surface area contributed by atoms with Crippen molar-refractivity contribution in [2.45, 2.75) is 37.3 Å². The number of aliphatic carboxylic acids is 1. The molecule has 1 heterocycles. The van der Waals surface area contributed by atoms with Crippen molar-refractivity contribution in [3.8, 4) is 0 Å². The molecule has 0 aromatic heterocycles. The lowest BCUT2D eigenvalue weighted by atomic mass is 9.92. The molecule has 2 unspecified atom stereocenters. The quantitative estimate of drug-likeness (QED) is 0.279. The van der Waals surface area contributed by atoms with Crippen LogP contribution in [0.2, 0.25) is 0 Å². The Kier molecular flexibility index (Phi) is 12.3. The first kappa shape index (κ1) is 26.1. The molecule has 0 bridgehead atoms. The summed E-state index contributed by atoms with van der Waals surface area (Å²) in [5.74, 6) is -2.34. The number of aliphatic hydroxyl groups excluding tert-OH is 3. The van der Waals surface area contributed by atoms with E-state index in [2.05, 4.69) is 5.32 Å². The number of hydrogen-bond acceptors (Lipinski definition) is 7.